The number of hydrogen-bond acceptors (Lipinski definition) is 1. The van der Waals surface area contributed by atoms with Crippen LogP contribution in [0.1, 0.15) is 50.3 Å². The molecule has 0 fully saturated rings. The van der Waals surface area contributed by atoms with Gasteiger partial charge in [-0.05, 0) is 69.0 Å². The van der Waals surface area contributed by atoms with E-state index in [0.29, 0.717) is 5.92 Å². The molecule has 1 N–H and O–H groups in total. The molecule has 4 aromatic rings. The number of unbranched alkanes of at least 4 members (excludes halogenated alkanes) is 1. The zero-order chi connectivity index (χ0) is 29.6. The first kappa shape index (κ1) is 30.3. The highest BCUT2D eigenvalue weighted by molar-refractivity contribution is 5.77. The van der Waals surface area contributed by atoms with Gasteiger partial charge in [0.25, 0.3) is 0 Å². The van der Waals surface area contributed by atoms with Crippen LogP contribution < -0.4 is 5.32 Å². The van der Waals surface area contributed by atoms with E-state index in [4.69, 9.17) is 0 Å². The molecule has 0 unspecified atom stereocenters. The molecule has 212 valence electrons. The van der Waals surface area contributed by atoms with Crippen molar-refractivity contribution in [2.75, 3.05) is 5.32 Å². The SMILES string of the molecule is C=C/C(=C\C=C/C(C)C)c1ccc(-c2ccc(NCc3ccc(-c4ccc(C=C/C=C\CCC)cc4)cc3)cc2)cc1. The lowest BCUT2D eigenvalue weighted by molar-refractivity contribution is 0.832. The summed E-state index contributed by atoms with van der Waals surface area (Å²) < 4.78 is 0. The van der Waals surface area contributed by atoms with E-state index in [0.717, 1.165) is 24.2 Å². The summed E-state index contributed by atoms with van der Waals surface area (Å²) in [4.78, 5) is 0. The lowest BCUT2D eigenvalue weighted by Gasteiger charge is -2.10. The van der Waals surface area contributed by atoms with E-state index in [9.17, 15) is 0 Å². The summed E-state index contributed by atoms with van der Waals surface area (Å²) in [5.41, 5.74) is 10.8. The minimum Gasteiger partial charge on any atom is -0.381 e. The zero-order valence-corrected chi connectivity index (χ0v) is 25.3. The quantitative estimate of drug-likeness (QED) is 0.164. The van der Waals surface area contributed by atoms with Crippen LogP contribution in [0.15, 0.2) is 146 Å². The minimum atomic E-state index is 0.535. The molecule has 0 spiro atoms. The van der Waals surface area contributed by atoms with Crippen molar-refractivity contribution in [3.05, 3.63) is 163 Å². The van der Waals surface area contributed by atoms with Gasteiger partial charge in [-0.15, -0.1) is 0 Å². The Morgan fingerprint density at radius 2 is 1.29 bits per heavy atom. The third-order valence-corrected chi connectivity index (χ3v) is 7.11. The van der Waals surface area contributed by atoms with Crippen LogP contribution in [0.2, 0.25) is 0 Å². The van der Waals surface area contributed by atoms with Crippen molar-refractivity contribution in [3.63, 3.8) is 0 Å². The molecule has 0 saturated heterocycles. The van der Waals surface area contributed by atoms with E-state index in [1.54, 1.807) is 0 Å². The Morgan fingerprint density at radius 1 is 0.714 bits per heavy atom. The molecular formula is C41H43N. The lowest BCUT2D eigenvalue weighted by Crippen LogP contribution is -1.99. The van der Waals surface area contributed by atoms with Gasteiger partial charge in [0.1, 0.15) is 0 Å². The smallest absolute Gasteiger partial charge is 0.0400 e. The van der Waals surface area contributed by atoms with Gasteiger partial charge in [0.15, 0.2) is 0 Å². The highest BCUT2D eigenvalue weighted by atomic mass is 14.9. The Kier molecular flexibility index (Phi) is 11.5. The zero-order valence-electron chi connectivity index (χ0n) is 25.3. The standard InChI is InChI=1S/C41H43N/c1-5-7-8-9-10-13-33-15-19-37(20-16-33)38-21-17-34(18-22-38)31-42-41-29-27-40(28-30-41)39-25-23-36(24-26-39)35(6-2)14-11-12-32(3)4/h6,8-30,32,42H,2,5,7,31H2,1,3-4H3/b9-8-,12-11-,13-10?,35-14+. The van der Waals surface area contributed by atoms with E-state index in [1.807, 2.05) is 6.08 Å². The van der Waals surface area contributed by atoms with Gasteiger partial charge in [-0.2, -0.15) is 0 Å². The summed E-state index contributed by atoms with van der Waals surface area (Å²) in [7, 11) is 0. The molecule has 0 aliphatic rings. The van der Waals surface area contributed by atoms with Crippen LogP contribution in [-0.2, 0) is 6.54 Å². The van der Waals surface area contributed by atoms with Crippen LogP contribution in [-0.4, -0.2) is 0 Å². The molecule has 0 heterocycles. The Bertz CT molecular complexity index is 1510. The van der Waals surface area contributed by atoms with E-state index in [-0.39, 0.29) is 0 Å². The van der Waals surface area contributed by atoms with Crippen LogP contribution in [0, 0.1) is 5.92 Å². The van der Waals surface area contributed by atoms with E-state index >= 15 is 0 Å². The van der Waals surface area contributed by atoms with Crippen LogP contribution in [0.3, 0.4) is 0 Å². The van der Waals surface area contributed by atoms with Crippen LogP contribution in [0.25, 0.3) is 33.9 Å². The maximum Gasteiger partial charge on any atom is 0.0400 e. The Balaban J connectivity index is 1.31. The van der Waals surface area contributed by atoms with Gasteiger partial charge in [0, 0.05) is 12.2 Å². The predicted octanol–water partition coefficient (Wildman–Crippen LogP) is 11.8. The fraction of sp³-hybridized carbons (Fsp3) is 0.171. The summed E-state index contributed by atoms with van der Waals surface area (Å²) in [6.07, 6.45) is 19.3. The van der Waals surface area contributed by atoms with Crippen molar-refractivity contribution < 1.29 is 0 Å². The minimum absolute atomic E-state index is 0.535. The Labute approximate surface area is 253 Å². The number of hydrogen-bond donors (Lipinski definition) is 1. The molecule has 0 atom stereocenters. The van der Waals surface area contributed by atoms with Crippen molar-refractivity contribution in [2.45, 2.75) is 40.2 Å². The summed E-state index contributed by atoms with van der Waals surface area (Å²) in [6, 6.07) is 34.9. The largest absolute Gasteiger partial charge is 0.381 e. The third kappa shape index (κ3) is 9.21. The molecule has 4 aromatic carbocycles. The lowest BCUT2D eigenvalue weighted by atomic mass is 9.99. The number of allylic oxidation sites excluding steroid dienone is 8. The average Bonchev–Trinajstić information content (AvgIpc) is 3.03. The fourth-order valence-corrected chi connectivity index (χ4v) is 4.61. The molecule has 0 aromatic heterocycles. The van der Waals surface area contributed by atoms with Crippen molar-refractivity contribution in [1.29, 1.82) is 0 Å². The summed E-state index contributed by atoms with van der Waals surface area (Å²) >= 11 is 0. The average molecular weight is 550 g/mol. The monoisotopic (exact) mass is 549 g/mol. The molecule has 42 heavy (non-hydrogen) atoms. The van der Waals surface area contributed by atoms with Crippen molar-refractivity contribution in [2.24, 2.45) is 5.92 Å². The summed E-state index contributed by atoms with van der Waals surface area (Å²) in [5.74, 6) is 0.535. The van der Waals surface area contributed by atoms with Crippen LogP contribution in [0.4, 0.5) is 5.69 Å². The summed E-state index contributed by atoms with van der Waals surface area (Å²) in [5, 5.41) is 3.56. The van der Waals surface area contributed by atoms with Crippen molar-refractivity contribution in [1.82, 2.24) is 0 Å². The van der Waals surface area contributed by atoms with E-state index in [1.165, 1.54) is 45.4 Å². The van der Waals surface area contributed by atoms with Gasteiger partial charge in [-0.3, -0.25) is 0 Å². The number of anilines is 1. The Morgan fingerprint density at radius 3 is 1.86 bits per heavy atom. The normalized spacial score (nSPS) is 12.1. The van der Waals surface area contributed by atoms with E-state index in [2.05, 4.69) is 172 Å². The molecule has 0 aliphatic heterocycles. The first-order valence-electron chi connectivity index (χ1n) is 15.0. The van der Waals surface area contributed by atoms with Gasteiger partial charge < -0.3 is 5.32 Å². The first-order valence-corrected chi connectivity index (χ1v) is 15.0. The fourth-order valence-electron chi connectivity index (χ4n) is 4.61. The Hall–Kier alpha value is -4.62. The van der Waals surface area contributed by atoms with Crippen molar-refractivity contribution in [3.8, 4) is 22.3 Å². The van der Waals surface area contributed by atoms with Gasteiger partial charge in [-0.1, -0.05) is 167 Å². The molecule has 1 heteroatoms. The summed E-state index contributed by atoms with van der Waals surface area (Å²) in [6.45, 7) is 11.3. The molecular weight excluding hydrogens is 506 g/mol. The number of rotatable bonds is 13. The molecule has 0 saturated carbocycles. The van der Waals surface area contributed by atoms with Gasteiger partial charge in [0.2, 0.25) is 0 Å². The second-order valence-corrected chi connectivity index (χ2v) is 10.9. The predicted molar refractivity (Wildman–Crippen MR) is 186 cm³/mol. The number of benzene rings is 4. The second kappa shape index (κ2) is 16.0. The molecule has 1 nitrogen and oxygen atoms in total. The van der Waals surface area contributed by atoms with Crippen LogP contribution >= 0.6 is 0 Å². The highest BCUT2D eigenvalue weighted by Crippen LogP contribution is 2.25. The molecule has 0 aliphatic carbocycles. The topological polar surface area (TPSA) is 12.0 Å². The van der Waals surface area contributed by atoms with E-state index < -0.39 is 0 Å². The molecule has 4 rings (SSSR count). The maximum atomic E-state index is 3.99. The molecule has 0 bridgehead atoms. The second-order valence-electron chi connectivity index (χ2n) is 10.9. The van der Waals surface area contributed by atoms with Gasteiger partial charge >= 0.3 is 0 Å². The molecule has 0 amide bonds. The number of nitrogens with one attached hydrogen (secondary N) is 1. The van der Waals surface area contributed by atoms with Crippen molar-refractivity contribution >= 4 is 17.3 Å². The van der Waals surface area contributed by atoms with Gasteiger partial charge in [0.05, 0.1) is 0 Å². The van der Waals surface area contributed by atoms with Crippen LogP contribution in [0.5, 0.6) is 0 Å². The maximum absolute atomic E-state index is 3.99. The molecule has 0 radical (unpaired) electrons. The third-order valence-electron chi connectivity index (χ3n) is 7.11. The first-order chi connectivity index (χ1) is 20.6. The highest BCUT2D eigenvalue weighted by Gasteiger charge is 2.03. The van der Waals surface area contributed by atoms with Gasteiger partial charge in [-0.25, -0.2) is 0 Å².